The van der Waals surface area contributed by atoms with Crippen molar-refractivity contribution in [3.8, 4) is 34.5 Å². The quantitative estimate of drug-likeness (QED) is 0.161. The summed E-state index contributed by atoms with van der Waals surface area (Å²) in [6, 6.07) is 21.1. The fraction of sp³-hybridized carbons (Fsp3) is 0.238. The number of carbonyl (C=O) groups excluding carboxylic acids is 2. The molecule has 0 aromatic heterocycles. The molecule has 12 nitrogen and oxygen atoms in total. The van der Waals surface area contributed by atoms with Crippen molar-refractivity contribution in [3.63, 3.8) is 0 Å². The summed E-state index contributed by atoms with van der Waals surface area (Å²) < 4.78 is 28.8. The summed E-state index contributed by atoms with van der Waals surface area (Å²) in [5.41, 5.74) is 5.85. The van der Waals surface area contributed by atoms with E-state index in [-0.39, 0.29) is 29.6 Å². The molecule has 4 aromatic carbocycles. The van der Waals surface area contributed by atoms with Crippen LogP contribution in [0, 0.1) is 0 Å². The predicted octanol–water partition coefficient (Wildman–Crippen LogP) is 7.21. The number of aliphatic imine (C=N–C) groups is 2. The minimum absolute atomic E-state index is 0.161. The van der Waals surface area contributed by atoms with Crippen molar-refractivity contribution in [3.05, 3.63) is 107 Å². The molecule has 0 unspecified atom stereocenters. The third-order valence-electron chi connectivity index (χ3n) is 9.93. The number of ether oxygens (including phenoxy) is 5. The normalized spacial score (nSPS) is 18.1. The first kappa shape index (κ1) is 34.5. The van der Waals surface area contributed by atoms with Gasteiger partial charge in [-0.3, -0.25) is 19.6 Å². The van der Waals surface area contributed by atoms with Gasteiger partial charge in [-0.2, -0.15) is 0 Å². The van der Waals surface area contributed by atoms with Crippen LogP contribution in [0.15, 0.2) is 95.2 Å². The van der Waals surface area contributed by atoms with E-state index in [4.69, 9.17) is 28.7 Å². The molecular weight excluding hydrogens is 688 g/mol. The molecular formula is C42H38N4O8. The Hall–Kier alpha value is -6.56. The Morgan fingerprint density at radius 2 is 1.09 bits per heavy atom. The average Bonchev–Trinajstić information content (AvgIpc) is 3.78. The first-order valence-corrected chi connectivity index (χ1v) is 17.6. The number of carbonyl (C=O) groups is 2. The Bertz CT molecular complexity index is 2240. The van der Waals surface area contributed by atoms with Gasteiger partial charge in [0, 0.05) is 56.2 Å². The van der Waals surface area contributed by atoms with Crippen molar-refractivity contribution in [2.45, 2.75) is 31.3 Å². The van der Waals surface area contributed by atoms with Crippen LogP contribution in [0.5, 0.6) is 34.5 Å². The van der Waals surface area contributed by atoms with Gasteiger partial charge in [0.05, 0.1) is 69.1 Å². The molecule has 0 bridgehead atoms. The Morgan fingerprint density at radius 1 is 0.630 bits per heavy atom. The molecule has 12 heteroatoms. The molecule has 0 spiro atoms. The van der Waals surface area contributed by atoms with Gasteiger partial charge in [-0.25, -0.2) is 0 Å². The first-order chi connectivity index (χ1) is 26.3. The second-order valence-electron chi connectivity index (χ2n) is 13.2. The number of hydrogen-bond acceptors (Lipinski definition) is 10. The maximum atomic E-state index is 13.7. The standard InChI is InChI=1S/C42H38N4O8/c1-50-32-11-7-26(8-12-32)28-16-30-22-44-36-20-40(38(52-3)18-34(36)42(49)46(30)24-28)54-14-4-13-53-39-19-35-33(17-37(39)51-2)41(48)45-23-27(15-29(45)21-43-35)25-5-9-31(47)10-6-25/h5-12,17-24,29-30,47H,4,13-16H2,1-3H3/t29-,30-/m0/s1. The highest BCUT2D eigenvalue weighted by Crippen LogP contribution is 2.42. The van der Waals surface area contributed by atoms with Crippen LogP contribution in [0.25, 0.3) is 11.1 Å². The van der Waals surface area contributed by atoms with Gasteiger partial charge in [0.2, 0.25) is 0 Å². The van der Waals surface area contributed by atoms with E-state index >= 15 is 0 Å². The van der Waals surface area contributed by atoms with E-state index in [1.165, 1.54) is 14.2 Å². The summed E-state index contributed by atoms with van der Waals surface area (Å²) >= 11 is 0. The number of nitrogens with zero attached hydrogens (tertiary/aromatic N) is 4. The summed E-state index contributed by atoms with van der Waals surface area (Å²) in [6.07, 6.45) is 9.10. The van der Waals surface area contributed by atoms with Crippen molar-refractivity contribution in [1.29, 1.82) is 0 Å². The number of benzene rings is 4. The lowest BCUT2D eigenvalue weighted by Gasteiger charge is -2.19. The summed E-state index contributed by atoms with van der Waals surface area (Å²) in [5, 5.41) is 9.67. The summed E-state index contributed by atoms with van der Waals surface area (Å²) in [7, 11) is 4.70. The van der Waals surface area contributed by atoms with Gasteiger partial charge in [0.25, 0.3) is 11.8 Å². The number of rotatable bonds is 11. The van der Waals surface area contributed by atoms with Gasteiger partial charge < -0.3 is 38.6 Å². The smallest absolute Gasteiger partial charge is 0.260 e. The van der Waals surface area contributed by atoms with Crippen molar-refractivity contribution < 1.29 is 38.4 Å². The number of fused-ring (bicyclic) bond motifs is 4. The predicted molar refractivity (Wildman–Crippen MR) is 204 cm³/mol. The lowest BCUT2D eigenvalue weighted by atomic mass is 10.0. The minimum atomic E-state index is -0.234. The van der Waals surface area contributed by atoms with E-state index in [0.717, 1.165) is 28.0 Å². The van der Waals surface area contributed by atoms with Crippen LogP contribution in [0.2, 0.25) is 0 Å². The molecule has 4 aromatic rings. The highest BCUT2D eigenvalue weighted by atomic mass is 16.5. The van der Waals surface area contributed by atoms with Gasteiger partial charge in [-0.15, -0.1) is 0 Å². The lowest BCUT2D eigenvalue weighted by molar-refractivity contribution is 0.0809. The Labute approximate surface area is 312 Å². The first-order valence-electron chi connectivity index (χ1n) is 17.6. The molecule has 2 amide bonds. The van der Waals surface area contributed by atoms with E-state index in [2.05, 4.69) is 4.99 Å². The van der Waals surface area contributed by atoms with Crippen molar-refractivity contribution in [1.82, 2.24) is 9.80 Å². The molecule has 1 N–H and O–H groups in total. The summed E-state index contributed by atoms with van der Waals surface area (Å²) in [5.74, 6) is 2.39. The lowest BCUT2D eigenvalue weighted by Crippen LogP contribution is -2.32. The van der Waals surface area contributed by atoms with E-state index in [0.29, 0.717) is 78.0 Å². The molecule has 4 aliphatic rings. The maximum Gasteiger partial charge on any atom is 0.260 e. The third-order valence-corrected chi connectivity index (χ3v) is 9.93. The third kappa shape index (κ3) is 6.51. The van der Waals surface area contributed by atoms with Gasteiger partial charge in [-0.05, 0) is 58.7 Å². The Morgan fingerprint density at radius 3 is 1.54 bits per heavy atom. The second kappa shape index (κ2) is 14.5. The fourth-order valence-corrected chi connectivity index (χ4v) is 7.05. The van der Waals surface area contributed by atoms with Gasteiger partial charge in [0.15, 0.2) is 23.0 Å². The van der Waals surface area contributed by atoms with Crippen molar-refractivity contribution in [2.75, 3.05) is 34.5 Å². The number of hydrogen-bond donors (Lipinski definition) is 1. The molecule has 0 aliphatic carbocycles. The van der Waals surface area contributed by atoms with Crippen LogP contribution in [-0.4, -0.2) is 85.8 Å². The highest BCUT2D eigenvalue weighted by Gasteiger charge is 2.35. The van der Waals surface area contributed by atoms with Gasteiger partial charge >= 0.3 is 0 Å². The molecule has 0 saturated heterocycles. The molecule has 4 heterocycles. The van der Waals surface area contributed by atoms with Gasteiger partial charge in [0.1, 0.15) is 11.5 Å². The molecule has 0 radical (unpaired) electrons. The molecule has 0 saturated carbocycles. The maximum absolute atomic E-state index is 13.7. The van der Waals surface area contributed by atoms with E-state index in [1.54, 1.807) is 59.5 Å². The van der Waals surface area contributed by atoms with Gasteiger partial charge in [-0.1, -0.05) is 24.3 Å². The Balaban J connectivity index is 0.909. The number of phenols is 1. The molecule has 2 atom stereocenters. The molecule has 274 valence electrons. The molecule has 4 aliphatic heterocycles. The van der Waals surface area contributed by atoms with Crippen LogP contribution in [0.3, 0.4) is 0 Å². The zero-order valence-corrected chi connectivity index (χ0v) is 30.0. The fourth-order valence-electron chi connectivity index (χ4n) is 7.05. The van der Waals surface area contributed by atoms with E-state index in [1.807, 2.05) is 55.0 Å². The number of phenolic OH excluding ortho intramolecular Hbond substituents is 1. The number of aromatic hydroxyl groups is 1. The highest BCUT2D eigenvalue weighted by molar-refractivity contribution is 6.06. The van der Waals surface area contributed by atoms with E-state index in [9.17, 15) is 14.7 Å². The van der Waals surface area contributed by atoms with Crippen LogP contribution in [-0.2, 0) is 0 Å². The average molecular weight is 727 g/mol. The van der Waals surface area contributed by atoms with Crippen LogP contribution >= 0.6 is 0 Å². The second-order valence-corrected chi connectivity index (χ2v) is 13.2. The molecule has 8 rings (SSSR count). The zero-order chi connectivity index (χ0) is 37.3. The van der Waals surface area contributed by atoms with Crippen LogP contribution in [0.4, 0.5) is 11.4 Å². The number of amides is 2. The zero-order valence-electron chi connectivity index (χ0n) is 30.0. The van der Waals surface area contributed by atoms with Crippen LogP contribution < -0.4 is 23.7 Å². The van der Waals surface area contributed by atoms with E-state index < -0.39 is 0 Å². The Kier molecular flexibility index (Phi) is 9.24. The summed E-state index contributed by atoms with van der Waals surface area (Å²) in [4.78, 5) is 40.2. The topological polar surface area (TPSA) is 132 Å². The molecule has 54 heavy (non-hydrogen) atoms. The van der Waals surface area contributed by atoms with Crippen molar-refractivity contribution >= 4 is 46.8 Å². The minimum Gasteiger partial charge on any atom is -0.508 e. The number of methoxy groups -OCH3 is 3. The largest absolute Gasteiger partial charge is 0.508 e. The van der Waals surface area contributed by atoms with Crippen molar-refractivity contribution in [2.24, 2.45) is 9.98 Å². The summed E-state index contributed by atoms with van der Waals surface area (Å²) in [6.45, 7) is 0.593. The monoisotopic (exact) mass is 726 g/mol. The molecule has 0 fully saturated rings. The SMILES string of the molecule is COc1ccc(C2=CN3C(=O)c4cc(OC)c(OCCCOc5cc6c(cc5OC)C(=O)N5C=C(c7ccc(O)cc7)C[C@H]5C=N6)cc4N=C[C@@H]3C2)cc1. The van der Waals surface area contributed by atoms with Crippen LogP contribution in [0.1, 0.15) is 51.1 Å².